The zero-order valence-corrected chi connectivity index (χ0v) is 12.8. The SMILES string of the molecule is C/C(=N\Nc1ccccc1C(=O)O)c1cc(Br)ccc1O. The third kappa shape index (κ3) is 3.61. The maximum atomic E-state index is 11.1. The number of aromatic hydroxyl groups is 1. The van der Waals surface area contributed by atoms with Crippen LogP contribution in [-0.4, -0.2) is 21.9 Å². The van der Waals surface area contributed by atoms with E-state index < -0.39 is 5.97 Å². The van der Waals surface area contributed by atoms with Crippen LogP contribution in [0.5, 0.6) is 5.75 Å². The zero-order chi connectivity index (χ0) is 15.4. The van der Waals surface area contributed by atoms with Crippen LogP contribution in [0.2, 0.25) is 0 Å². The van der Waals surface area contributed by atoms with Crippen LogP contribution >= 0.6 is 15.9 Å². The van der Waals surface area contributed by atoms with Gasteiger partial charge in [-0.1, -0.05) is 28.1 Å². The molecule has 0 saturated heterocycles. The summed E-state index contributed by atoms with van der Waals surface area (Å²) in [6.45, 7) is 1.72. The number of phenolic OH excluding ortho intramolecular Hbond substituents is 1. The quantitative estimate of drug-likeness (QED) is 0.581. The van der Waals surface area contributed by atoms with Crippen molar-refractivity contribution in [3.63, 3.8) is 0 Å². The third-order valence-electron chi connectivity index (χ3n) is 2.85. The van der Waals surface area contributed by atoms with E-state index in [0.29, 0.717) is 17.0 Å². The molecule has 0 aromatic heterocycles. The third-order valence-corrected chi connectivity index (χ3v) is 3.34. The highest BCUT2D eigenvalue weighted by molar-refractivity contribution is 9.10. The Morgan fingerprint density at radius 2 is 1.90 bits per heavy atom. The monoisotopic (exact) mass is 348 g/mol. The fraction of sp³-hybridized carbons (Fsp3) is 0.0667. The second kappa shape index (κ2) is 6.41. The average Bonchev–Trinajstić information content (AvgIpc) is 2.47. The van der Waals surface area contributed by atoms with Crippen LogP contribution in [0.1, 0.15) is 22.8 Å². The van der Waals surface area contributed by atoms with Gasteiger partial charge in [-0.15, -0.1) is 0 Å². The van der Waals surface area contributed by atoms with Crippen LogP contribution < -0.4 is 5.43 Å². The van der Waals surface area contributed by atoms with Gasteiger partial charge in [0.15, 0.2) is 0 Å². The topological polar surface area (TPSA) is 81.9 Å². The summed E-state index contributed by atoms with van der Waals surface area (Å²) in [7, 11) is 0. The summed E-state index contributed by atoms with van der Waals surface area (Å²) in [5.41, 5.74) is 4.34. The smallest absolute Gasteiger partial charge is 0.337 e. The van der Waals surface area contributed by atoms with E-state index in [-0.39, 0.29) is 11.3 Å². The van der Waals surface area contributed by atoms with Crippen LogP contribution in [0.15, 0.2) is 52.0 Å². The predicted octanol–water partition coefficient (Wildman–Crippen LogP) is 3.69. The molecule has 0 aliphatic heterocycles. The first-order chi connectivity index (χ1) is 9.99. The molecule has 0 heterocycles. The van der Waals surface area contributed by atoms with Crippen molar-refractivity contribution in [2.45, 2.75) is 6.92 Å². The van der Waals surface area contributed by atoms with Crippen LogP contribution in [0.3, 0.4) is 0 Å². The van der Waals surface area contributed by atoms with Crippen molar-refractivity contribution in [3.8, 4) is 5.75 Å². The number of benzene rings is 2. The van der Waals surface area contributed by atoms with Gasteiger partial charge >= 0.3 is 5.97 Å². The Hall–Kier alpha value is -2.34. The predicted molar refractivity (Wildman–Crippen MR) is 85.0 cm³/mol. The minimum atomic E-state index is -1.03. The first-order valence-electron chi connectivity index (χ1n) is 6.10. The van der Waals surface area contributed by atoms with E-state index in [1.807, 2.05) is 0 Å². The van der Waals surface area contributed by atoms with Crippen molar-refractivity contribution in [3.05, 3.63) is 58.1 Å². The molecule has 0 amide bonds. The molecule has 5 nitrogen and oxygen atoms in total. The first kappa shape index (κ1) is 15.1. The summed E-state index contributed by atoms with van der Waals surface area (Å²) in [6, 6.07) is 11.5. The molecule has 2 rings (SSSR count). The van der Waals surface area contributed by atoms with E-state index >= 15 is 0 Å². The van der Waals surface area contributed by atoms with Crippen LogP contribution in [-0.2, 0) is 0 Å². The largest absolute Gasteiger partial charge is 0.507 e. The van der Waals surface area contributed by atoms with Crippen LogP contribution in [0, 0.1) is 0 Å². The average molecular weight is 349 g/mol. The van der Waals surface area contributed by atoms with Crippen molar-refractivity contribution in [1.29, 1.82) is 0 Å². The summed E-state index contributed by atoms with van der Waals surface area (Å²) < 4.78 is 0.816. The lowest BCUT2D eigenvalue weighted by Gasteiger charge is -2.08. The van der Waals surface area contributed by atoms with Gasteiger partial charge in [0.05, 0.1) is 17.0 Å². The molecule has 108 valence electrons. The number of para-hydroxylation sites is 1. The van der Waals surface area contributed by atoms with Crippen LogP contribution in [0.4, 0.5) is 5.69 Å². The van der Waals surface area contributed by atoms with Gasteiger partial charge in [0, 0.05) is 10.0 Å². The number of hydrazone groups is 1. The minimum absolute atomic E-state index is 0.104. The minimum Gasteiger partial charge on any atom is -0.507 e. The molecule has 0 aliphatic rings. The van der Waals surface area contributed by atoms with Crippen molar-refractivity contribution in [2.75, 3.05) is 5.43 Å². The molecule has 0 bridgehead atoms. The van der Waals surface area contributed by atoms with Crippen molar-refractivity contribution in [1.82, 2.24) is 0 Å². The molecule has 0 spiro atoms. The van der Waals surface area contributed by atoms with E-state index in [2.05, 4.69) is 26.5 Å². The number of hydrogen-bond acceptors (Lipinski definition) is 4. The van der Waals surface area contributed by atoms with E-state index in [9.17, 15) is 9.90 Å². The van der Waals surface area contributed by atoms with E-state index in [0.717, 1.165) is 4.47 Å². The number of carboxylic acids is 1. The van der Waals surface area contributed by atoms with E-state index in [1.165, 1.54) is 6.07 Å². The Labute approximate surface area is 130 Å². The van der Waals surface area contributed by atoms with Gasteiger partial charge in [0.1, 0.15) is 5.75 Å². The molecule has 0 atom stereocenters. The Morgan fingerprint density at radius 3 is 2.62 bits per heavy atom. The van der Waals surface area contributed by atoms with E-state index in [4.69, 9.17) is 5.11 Å². The number of hydrogen-bond donors (Lipinski definition) is 3. The standard InChI is InChI=1S/C15H13BrN2O3/c1-9(12-8-10(16)6-7-14(12)19)17-18-13-5-3-2-4-11(13)15(20)21/h2-8,18-19H,1H3,(H,20,21)/b17-9+. The molecule has 0 aliphatic carbocycles. The van der Waals surface area contributed by atoms with Crippen LogP contribution in [0.25, 0.3) is 0 Å². The number of anilines is 1. The summed E-state index contributed by atoms with van der Waals surface area (Å²) in [6.07, 6.45) is 0. The van der Waals surface area contributed by atoms with Gasteiger partial charge in [-0.2, -0.15) is 5.10 Å². The van der Waals surface area contributed by atoms with E-state index in [1.54, 1.807) is 43.3 Å². The van der Waals surface area contributed by atoms with Crippen molar-refractivity contribution >= 4 is 33.3 Å². The molecule has 2 aromatic carbocycles. The Bertz CT molecular complexity index is 714. The molecule has 0 fully saturated rings. The lowest BCUT2D eigenvalue weighted by molar-refractivity contribution is 0.0698. The maximum Gasteiger partial charge on any atom is 0.337 e. The molecule has 3 N–H and O–H groups in total. The fourth-order valence-corrected chi connectivity index (χ4v) is 2.13. The highest BCUT2D eigenvalue weighted by Crippen LogP contribution is 2.23. The van der Waals surface area contributed by atoms with Gasteiger partial charge in [-0.3, -0.25) is 5.43 Å². The van der Waals surface area contributed by atoms with Gasteiger partial charge in [0.2, 0.25) is 0 Å². The summed E-state index contributed by atoms with van der Waals surface area (Å²) in [5, 5.41) is 23.0. The van der Waals surface area contributed by atoms with Gasteiger partial charge < -0.3 is 10.2 Å². The number of phenols is 1. The summed E-state index contributed by atoms with van der Waals surface area (Å²) >= 11 is 3.33. The Balaban J connectivity index is 2.29. The first-order valence-corrected chi connectivity index (χ1v) is 6.90. The van der Waals surface area contributed by atoms with Gasteiger partial charge in [-0.25, -0.2) is 4.79 Å². The lowest BCUT2D eigenvalue weighted by atomic mass is 10.1. The second-order valence-electron chi connectivity index (χ2n) is 4.32. The molecule has 0 radical (unpaired) electrons. The number of nitrogens with one attached hydrogen (secondary N) is 1. The highest BCUT2D eigenvalue weighted by atomic mass is 79.9. The lowest BCUT2D eigenvalue weighted by Crippen LogP contribution is -2.05. The molecular weight excluding hydrogens is 336 g/mol. The van der Waals surface area contributed by atoms with Gasteiger partial charge in [0.25, 0.3) is 0 Å². The second-order valence-corrected chi connectivity index (χ2v) is 5.24. The van der Waals surface area contributed by atoms with Crippen molar-refractivity contribution < 1.29 is 15.0 Å². The zero-order valence-electron chi connectivity index (χ0n) is 11.2. The van der Waals surface area contributed by atoms with Gasteiger partial charge in [-0.05, 0) is 37.3 Å². The number of halogens is 1. The number of carbonyl (C=O) groups is 1. The number of carboxylic acid groups (broad SMARTS) is 1. The summed E-state index contributed by atoms with van der Waals surface area (Å²) in [4.78, 5) is 11.1. The number of aromatic carboxylic acids is 1. The molecule has 6 heteroatoms. The molecule has 21 heavy (non-hydrogen) atoms. The Morgan fingerprint density at radius 1 is 1.19 bits per heavy atom. The molecular formula is C15H13BrN2O3. The normalized spacial score (nSPS) is 11.2. The fourth-order valence-electron chi connectivity index (χ4n) is 1.77. The molecule has 2 aromatic rings. The molecule has 0 saturated carbocycles. The highest BCUT2D eigenvalue weighted by Gasteiger charge is 2.09. The Kier molecular flexibility index (Phi) is 4.59. The summed E-state index contributed by atoms with van der Waals surface area (Å²) in [5.74, 6) is -0.927. The maximum absolute atomic E-state index is 11.1. The molecule has 0 unspecified atom stereocenters. The number of nitrogens with zero attached hydrogens (tertiary/aromatic N) is 1. The number of rotatable bonds is 4. The van der Waals surface area contributed by atoms with Crippen molar-refractivity contribution in [2.24, 2.45) is 5.10 Å².